The Morgan fingerprint density at radius 1 is 1.31 bits per heavy atom. The van der Waals surface area contributed by atoms with Crippen LogP contribution < -0.4 is 10.6 Å². The topological polar surface area (TPSA) is 32.5 Å². The van der Waals surface area contributed by atoms with Crippen molar-refractivity contribution in [2.75, 3.05) is 37.3 Å². The van der Waals surface area contributed by atoms with Crippen LogP contribution in [0.15, 0.2) is 18.2 Å². The fourth-order valence-electron chi connectivity index (χ4n) is 2.37. The molecule has 1 saturated heterocycles. The molecule has 1 aromatic carbocycles. The maximum atomic E-state index is 6.08. The second-order valence-corrected chi connectivity index (χ2v) is 4.79. The van der Waals surface area contributed by atoms with Crippen LogP contribution in [0.25, 0.3) is 0 Å². The first-order chi connectivity index (χ1) is 7.59. The number of para-hydroxylation sites is 1. The van der Waals surface area contributed by atoms with Crippen molar-refractivity contribution in [3.63, 3.8) is 0 Å². The van der Waals surface area contributed by atoms with Gasteiger partial charge in [-0.05, 0) is 32.5 Å². The average molecular weight is 219 g/mol. The summed E-state index contributed by atoms with van der Waals surface area (Å²) in [5.74, 6) is 0. The summed E-state index contributed by atoms with van der Waals surface area (Å²) in [4.78, 5) is 4.81. The zero-order valence-electron chi connectivity index (χ0n) is 10.4. The Labute approximate surface area is 97.8 Å². The minimum absolute atomic E-state index is 0.591. The van der Waals surface area contributed by atoms with E-state index in [0.29, 0.717) is 6.04 Å². The molecular formula is C13H21N3. The van der Waals surface area contributed by atoms with E-state index in [0.717, 1.165) is 25.3 Å². The van der Waals surface area contributed by atoms with Crippen LogP contribution >= 0.6 is 0 Å². The largest absolute Gasteiger partial charge is 0.397 e. The van der Waals surface area contributed by atoms with Gasteiger partial charge in [0.1, 0.15) is 0 Å². The lowest BCUT2D eigenvalue weighted by atomic mass is 10.1. The predicted octanol–water partition coefficient (Wildman–Crippen LogP) is 1.72. The van der Waals surface area contributed by atoms with Crippen molar-refractivity contribution in [3.05, 3.63) is 23.8 Å². The van der Waals surface area contributed by atoms with Crippen LogP contribution in [0.1, 0.15) is 12.5 Å². The molecule has 0 bridgehead atoms. The van der Waals surface area contributed by atoms with Crippen LogP contribution in [0.2, 0.25) is 0 Å². The van der Waals surface area contributed by atoms with Crippen molar-refractivity contribution in [1.82, 2.24) is 4.90 Å². The van der Waals surface area contributed by atoms with E-state index in [-0.39, 0.29) is 0 Å². The van der Waals surface area contributed by atoms with E-state index in [4.69, 9.17) is 5.73 Å². The van der Waals surface area contributed by atoms with Crippen molar-refractivity contribution in [3.8, 4) is 0 Å². The van der Waals surface area contributed by atoms with Crippen LogP contribution in [0.3, 0.4) is 0 Å². The molecule has 1 atom stereocenters. The number of hydrogen-bond acceptors (Lipinski definition) is 3. The molecule has 0 aliphatic carbocycles. The predicted molar refractivity (Wildman–Crippen MR) is 69.9 cm³/mol. The highest BCUT2D eigenvalue weighted by atomic mass is 15.3. The van der Waals surface area contributed by atoms with Gasteiger partial charge in [0.2, 0.25) is 0 Å². The lowest BCUT2D eigenvalue weighted by molar-refractivity contribution is 0.234. The SMILES string of the molecule is Cc1cccc(N)c1N1CCN(C)C(C)C1. The van der Waals surface area contributed by atoms with Gasteiger partial charge in [-0.25, -0.2) is 0 Å². The molecule has 1 aliphatic rings. The van der Waals surface area contributed by atoms with Crippen molar-refractivity contribution in [1.29, 1.82) is 0 Å². The van der Waals surface area contributed by atoms with Crippen LogP contribution in [-0.4, -0.2) is 37.6 Å². The molecule has 88 valence electrons. The second kappa shape index (κ2) is 4.34. The minimum atomic E-state index is 0.591. The van der Waals surface area contributed by atoms with Gasteiger partial charge in [0, 0.05) is 25.7 Å². The molecule has 16 heavy (non-hydrogen) atoms. The summed E-state index contributed by atoms with van der Waals surface area (Å²) in [5, 5.41) is 0. The maximum absolute atomic E-state index is 6.08. The Bertz CT molecular complexity index is 355. The van der Waals surface area contributed by atoms with Crippen LogP contribution in [0, 0.1) is 6.92 Å². The first kappa shape index (κ1) is 11.3. The Morgan fingerprint density at radius 3 is 2.69 bits per heavy atom. The van der Waals surface area contributed by atoms with E-state index in [2.05, 4.69) is 36.8 Å². The quantitative estimate of drug-likeness (QED) is 0.730. The van der Waals surface area contributed by atoms with Crippen LogP contribution in [0.5, 0.6) is 0 Å². The Balaban J connectivity index is 2.25. The van der Waals surface area contributed by atoms with Gasteiger partial charge in [0.15, 0.2) is 0 Å². The number of aryl methyl sites for hydroxylation is 1. The van der Waals surface area contributed by atoms with Crippen LogP contribution in [-0.2, 0) is 0 Å². The summed E-state index contributed by atoms with van der Waals surface area (Å²) in [6.07, 6.45) is 0. The van der Waals surface area contributed by atoms with Gasteiger partial charge in [0.25, 0.3) is 0 Å². The van der Waals surface area contributed by atoms with Gasteiger partial charge in [0.05, 0.1) is 11.4 Å². The summed E-state index contributed by atoms with van der Waals surface area (Å²) in [6.45, 7) is 7.63. The molecule has 1 heterocycles. The average Bonchev–Trinajstić information content (AvgIpc) is 2.23. The van der Waals surface area contributed by atoms with Crippen LogP contribution in [0.4, 0.5) is 11.4 Å². The summed E-state index contributed by atoms with van der Waals surface area (Å²) in [7, 11) is 2.18. The van der Waals surface area contributed by atoms with E-state index in [9.17, 15) is 0 Å². The van der Waals surface area contributed by atoms with E-state index in [1.807, 2.05) is 12.1 Å². The number of rotatable bonds is 1. The summed E-state index contributed by atoms with van der Waals surface area (Å²) in [5.41, 5.74) is 9.48. The highest BCUT2D eigenvalue weighted by Crippen LogP contribution is 2.28. The molecule has 0 spiro atoms. The van der Waals surface area contributed by atoms with Crippen molar-refractivity contribution in [2.45, 2.75) is 19.9 Å². The second-order valence-electron chi connectivity index (χ2n) is 4.79. The zero-order chi connectivity index (χ0) is 11.7. The number of nitrogens with zero attached hydrogens (tertiary/aromatic N) is 2. The summed E-state index contributed by atoms with van der Waals surface area (Å²) >= 11 is 0. The molecule has 3 nitrogen and oxygen atoms in total. The summed E-state index contributed by atoms with van der Waals surface area (Å²) in [6, 6.07) is 6.74. The van der Waals surface area contributed by atoms with Crippen molar-refractivity contribution >= 4 is 11.4 Å². The van der Waals surface area contributed by atoms with Gasteiger partial charge in [-0.2, -0.15) is 0 Å². The molecule has 0 saturated carbocycles. The Hall–Kier alpha value is -1.22. The molecule has 1 aromatic rings. The molecule has 2 N–H and O–H groups in total. The standard InChI is InChI=1S/C13H21N3/c1-10-5-4-6-12(14)13(10)16-8-7-15(3)11(2)9-16/h4-6,11H,7-9,14H2,1-3H3. The van der Waals surface area contributed by atoms with Gasteiger partial charge in [-0.3, -0.25) is 0 Å². The number of piperazine rings is 1. The lowest BCUT2D eigenvalue weighted by Gasteiger charge is -2.40. The number of likely N-dealkylation sites (N-methyl/N-ethyl adjacent to an activating group) is 1. The van der Waals surface area contributed by atoms with Gasteiger partial charge in [-0.1, -0.05) is 12.1 Å². The van der Waals surface area contributed by atoms with Crippen molar-refractivity contribution in [2.24, 2.45) is 0 Å². The normalized spacial score (nSPS) is 22.4. The molecule has 0 amide bonds. The third-order valence-corrected chi connectivity index (χ3v) is 3.54. The molecule has 1 unspecified atom stereocenters. The number of hydrogen-bond donors (Lipinski definition) is 1. The highest BCUT2D eigenvalue weighted by molar-refractivity contribution is 5.71. The van der Waals surface area contributed by atoms with E-state index >= 15 is 0 Å². The van der Waals surface area contributed by atoms with Gasteiger partial charge < -0.3 is 15.5 Å². The molecule has 0 radical (unpaired) electrons. The minimum Gasteiger partial charge on any atom is -0.397 e. The Morgan fingerprint density at radius 2 is 2.06 bits per heavy atom. The monoisotopic (exact) mass is 219 g/mol. The first-order valence-corrected chi connectivity index (χ1v) is 5.90. The smallest absolute Gasteiger partial charge is 0.0630 e. The molecule has 2 rings (SSSR count). The number of benzene rings is 1. The number of anilines is 2. The number of nitrogens with two attached hydrogens (primary N) is 1. The third kappa shape index (κ3) is 2.00. The molecule has 0 aromatic heterocycles. The zero-order valence-corrected chi connectivity index (χ0v) is 10.4. The highest BCUT2D eigenvalue weighted by Gasteiger charge is 2.22. The van der Waals surface area contributed by atoms with Gasteiger partial charge in [-0.15, -0.1) is 0 Å². The summed E-state index contributed by atoms with van der Waals surface area (Å²) < 4.78 is 0. The molecule has 1 fully saturated rings. The molecular weight excluding hydrogens is 198 g/mol. The van der Waals surface area contributed by atoms with E-state index in [1.165, 1.54) is 11.3 Å². The van der Waals surface area contributed by atoms with Gasteiger partial charge >= 0.3 is 0 Å². The number of nitrogen functional groups attached to an aromatic ring is 1. The van der Waals surface area contributed by atoms with E-state index in [1.54, 1.807) is 0 Å². The fraction of sp³-hybridized carbons (Fsp3) is 0.538. The lowest BCUT2D eigenvalue weighted by Crippen LogP contribution is -2.50. The fourth-order valence-corrected chi connectivity index (χ4v) is 2.37. The Kier molecular flexibility index (Phi) is 3.06. The molecule has 3 heteroatoms. The third-order valence-electron chi connectivity index (χ3n) is 3.54. The van der Waals surface area contributed by atoms with E-state index < -0.39 is 0 Å². The maximum Gasteiger partial charge on any atom is 0.0630 e. The van der Waals surface area contributed by atoms with Crippen molar-refractivity contribution < 1.29 is 0 Å². The molecule has 1 aliphatic heterocycles. The first-order valence-electron chi connectivity index (χ1n) is 5.90.